The lowest BCUT2D eigenvalue weighted by Gasteiger charge is -2.23. The van der Waals surface area contributed by atoms with Gasteiger partial charge in [0, 0.05) is 0 Å². The lowest BCUT2D eigenvalue weighted by Crippen LogP contribution is -2.51. The van der Waals surface area contributed by atoms with Gasteiger partial charge in [-0.1, -0.05) is 68.4 Å². The van der Waals surface area contributed by atoms with Crippen molar-refractivity contribution >= 4 is 11.9 Å². The van der Waals surface area contributed by atoms with E-state index in [-0.39, 0.29) is 17.9 Å². The van der Waals surface area contributed by atoms with Crippen LogP contribution in [0.3, 0.4) is 0 Å². The summed E-state index contributed by atoms with van der Waals surface area (Å²) in [6.07, 6.45) is 0. The monoisotopic (exact) mass is 339 g/mol. The topological polar surface area (TPSA) is 84.2 Å². The number of hydrogen-bond donors (Lipinski definition) is 3. The smallest absolute Gasteiger partial charge is 0.312 e. The number of rotatable bonds is 6. The average molecular weight is 339 g/mol. The molecule has 0 heterocycles. The molecule has 0 aliphatic heterocycles. The first-order chi connectivity index (χ1) is 11.9. The predicted molar refractivity (Wildman–Crippen MR) is 99.8 cm³/mol. The van der Waals surface area contributed by atoms with Crippen molar-refractivity contribution in [1.82, 2.24) is 10.6 Å². The van der Waals surface area contributed by atoms with Crippen molar-refractivity contribution in [2.45, 2.75) is 32.9 Å². The largest absolute Gasteiger partial charge is 0.352 e. The van der Waals surface area contributed by atoms with Crippen LogP contribution in [-0.4, -0.2) is 18.0 Å². The van der Waals surface area contributed by atoms with Crippen LogP contribution < -0.4 is 16.4 Å². The normalized spacial score (nSPS) is 13.1. The van der Waals surface area contributed by atoms with E-state index < -0.39 is 12.1 Å². The van der Waals surface area contributed by atoms with Crippen molar-refractivity contribution in [3.63, 3.8) is 0 Å². The zero-order valence-corrected chi connectivity index (χ0v) is 14.8. The Morgan fingerprint density at radius 3 is 1.92 bits per heavy atom. The molecule has 0 unspecified atom stereocenters. The van der Waals surface area contributed by atoms with Crippen LogP contribution in [0.4, 0.5) is 4.79 Å². The SMILES string of the molecule is CC(C)[C@@H](NC(N)=O)C(=O)N[C@H](C)c1ccc(-c2ccccc2)cc1. The first kappa shape index (κ1) is 18.5. The third-order valence-electron chi connectivity index (χ3n) is 4.12. The Morgan fingerprint density at radius 2 is 1.40 bits per heavy atom. The summed E-state index contributed by atoms with van der Waals surface area (Å²) >= 11 is 0. The van der Waals surface area contributed by atoms with Gasteiger partial charge in [0.15, 0.2) is 0 Å². The molecule has 0 radical (unpaired) electrons. The van der Waals surface area contributed by atoms with Gasteiger partial charge in [0.05, 0.1) is 6.04 Å². The van der Waals surface area contributed by atoms with Gasteiger partial charge < -0.3 is 16.4 Å². The third kappa shape index (κ3) is 5.08. The Bertz CT molecular complexity index is 711. The average Bonchev–Trinajstić information content (AvgIpc) is 2.60. The van der Waals surface area contributed by atoms with Crippen molar-refractivity contribution in [3.8, 4) is 11.1 Å². The molecule has 2 atom stereocenters. The van der Waals surface area contributed by atoms with E-state index in [1.807, 2.05) is 63.2 Å². The van der Waals surface area contributed by atoms with E-state index in [1.54, 1.807) is 0 Å². The lowest BCUT2D eigenvalue weighted by atomic mass is 10.00. The summed E-state index contributed by atoms with van der Waals surface area (Å²) in [5, 5.41) is 5.43. The van der Waals surface area contributed by atoms with E-state index in [4.69, 9.17) is 5.73 Å². The molecular formula is C20H25N3O2. The van der Waals surface area contributed by atoms with Crippen molar-refractivity contribution < 1.29 is 9.59 Å². The lowest BCUT2D eigenvalue weighted by molar-refractivity contribution is -0.124. The highest BCUT2D eigenvalue weighted by Crippen LogP contribution is 2.22. The molecule has 0 spiro atoms. The van der Waals surface area contributed by atoms with E-state index in [0.717, 1.165) is 16.7 Å². The minimum absolute atomic E-state index is 0.0554. The van der Waals surface area contributed by atoms with Crippen LogP contribution in [0.2, 0.25) is 0 Å². The maximum atomic E-state index is 12.4. The van der Waals surface area contributed by atoms with E-state index in [9.17, 15) is 9.59 Å². The van der Waals surface area contributed by atoms with E-state index in [1.165, 1.54) is 0 Å². The van der Waals surface area contributed by atoms with Gasteiger partial charge in [-0.3, -0.25) is 4.79 Å². The second-order valence-electron chi connectivity index (χ2n) is 6.45. The maximum absolute atomic E-state index is 12.4. The molecule has 2 rings (SSSR count). The van der Waals surface area contributed by atoms with Gasteiger partial charge in [-0.15, -0.1) is 0 Å². The molecule has 4 N–H and O–H groups in total. The Labute approximate surface area is 148 Å². The van der Waals surface area contributed by atoms with Crippen LogP contribution in [0.5, 0.6) is 0 Å². The van der Waals surface area contributed by atoms with Gasteiger partial charge in [-0.05, 0) is 29.5 Å². The number of carbonyl (C=O) groups is 2. The second kappa shape index (κ2) is 8.33. The van der Waals surface area contributed by atoms with Crippen LogP contribution in [0.25, 0.3) is 11.1 Å². The van der Waals surface area contributed by atoms with Gasteiger partial charge in [0.1, 0.15) is 6.04 Å². The predicted octanol–water partition coefficient (Wildman–Crippen LogP) is 3.22. The first-order valence-corrected chi connectivity index (χ1v) is 8.40. The van der Waals surface area contributed by atoms with Crippen LogP contribution in [0, 0.1) is 5.92 Å². The fourth-order valence-electron chi connectivity index (χ4n) is 2.67. The minimum Gasteiger partial charge on any atom is -0.352 e. The highest BCUT2D eigenvalue weighted by atomic mass is 16.2. The Balaban J connectivity index is 2.06. The molecule has 3 amide bonds. The van der Waals surface area contributed by atoms with Gasteiger partial charge in [0.2, 0.25) is 5.91 Å². The molecule has 5 heteroatoms. The maximum Gasteiger partial charge on any atom is 0.312 e. The van der Waals surface area contributed by atoms with Crippen LogP contribution in [-0.2, 0) is 4.79 Å². The summed E-state index contributed by atoms with van der Waals surface area (Å²) in [5.74, 6) is -0.298. The zero-order chi connectivity index (χ0) is 18.4. The highest BCUT2D eigenvalue weighted by Gasteiger charge is 2.24. The van der Waals surface area contributed by atoms with Gasteiger partial charge in [-0.25, -0.2) is 4.79 Å². The van der Waals surface area contributed by atoms with Crippen LogP contribution in [0.15, 0.2) is 54.6 Å². The third-order valence-corrected chi connectivity index (χ3v) is 4.12. The van der Waals surface area contributed by atoms with Crippen LogP contribution in [0.1, 0.15) is 32.4 Å². The standard InChI is InChI=1S/C20H25N3O2/c1-13(2)18(23-20(21)25)19(24)22-14(3)15-9-11-17(12-10-15)16-7-5-4-6-8-16/h4-14,18H,1-3H3,(H,22,24)(H3,21,23,25)/t14-,18-/m1/s1. The summed E-state index contributed by atoms with van der Waals surface area (Å²) in [6.45, 7) is 5.64. The van der Waals surface area contributed by atoms with E-state index in [2.05, 4.69) is 22.8 Å². The fraction of sp³-hybridized carbons (Fsp3) is 0.300. The number of carbonyl (C=O) groups excluding carboxylic acids is 2. The molecule has 2 aromatic rings. The number of primary amides is 1. The van der Waals surface area contributed by atoms with Crippen molar-refractivity contribution in [2.24, 2.45) is 11.7 Å². The first-order valence-electron chi connectivity index (χ1n) is 8.40. The molecule has 0 saturated heterocycles. The summed E-state index contributed by atoms with van der Waals surface area (Å²) in [7, 11) is 0. The molecule has 0 saturated carbocycles. The molecule has 132 valence electrons. The van der Waals surface area contributed by atoms with Crippen LogP contribution >= 0.6 is 0 Å². The van der Waals surface area contributed by atoms with E-state index in [0.29, 0.717) is 0 Å². The molecule has 5 nitrogen and oxygen atoms in total. The molecule has 0 aromatic heterocycles. The van der Waals surface area contributed by atoms with Gasteiger partial charge in [0.25, 0.3) is 0 Å². The highest BCUT2D eigenvalue weighted by molar-refractivity contribution is 5.87. The summed E-state index contributed by atoms with van der Waals surface area (Å²) in [5.41, 5.74) is 8.42. The summed E-state index contributed by atoms with van der Waals surface area (Å²) in [6, 6.07) is 16.7. The van der Waals surface area contributed by atoms with Gasteiger partial charge >= 0.3 is 6.03 Å². The summed E-state index contributed by atoms with van der Waals surface area (Å²) in [4.78, 5) is 23.5. The molecule has 0 fully saturated rings. The number of urea groups is 1. The van der Waals surface area contributed by atoms with Crippen molar-refractivity contribution in [3.05, 3.63) is 60.2 Å². The number of amides is 3. The summed E-state index contributed by atoms with van der Waals surface area (Å²) < 4.78 is 0. The molecule has 0 aliphatic rings. The zero-order valence-electron chi connectivity index (χ0n) is 14.8. The van der Waals surface area contributed by atoms with E-state index >= 15 is 0 Å². The second-order valence-corrected chi connectivity index (χ2v) is 6.45. The van der Waals surface area contributed by atoms with Gasteiger partial charge in [-0.2, -0.15) is 0 Å². The van der Waals surface area contributed by atoms with Crippen molar-refractivity contribution in [1.29, 1.82) is 0 Å². The Morgan fingerprint density at radius 1 is 0.840 bits per heavy atom. The number of nitrogens with one attached hydrogen (secondary N) is 2. The molecule has 2 aromatic carbocycles. The molecule has 0 aliphatic carbocycles. The molecular weight excluding hydrogens is 314 g/mol. The van der Waals surface area contributed by atoms with Crippen molar-refractivity contribution in [2.75, 3.05) is 0 Å². The number of nitrogens with two attached hydrogens (primary N) is 1. The molecule has 0 bridgehead atoms. The number of hydrogen-bond acceptors (Lipinski definition) is 2. The Hall–Kier alpha value is -2.82. The minimum atomic E-state index is -0.700. The number of benzene rings is 2. The quantitative estimate of drug-likeness (QED) is 0.755. The Kier molecular flexibility index (Phi) is 6.17. The fourth-order valence-corrected chi connectivity index (χ4v) is 2.67. The molecule has 25 heavy (non-hydrogen) atoms.